The average molecular weight is 1230 g/mol. The molecule has 0 rings (SSSR count). The van der Waals surface area contributed by atoms with Gasteiger partial charge < -0.3 is 33.8 Å². The van der Waals surface area contributed by atoms with Gasteiger partial charge in [-0.15, -0.1) is 0 Å². The van der Waals surface area contributed by atoms with Gasteiger partial charge >= 0.3 is 39.5 Å². The number of carbonyl (C=O) groups excluding carboxylic acids is 4. The maximum absolute atomic E-state index is 13.0. The molecule has 83 heavy (non-hydrogen) atoms. The molecular weight excluding hydrogens is 1100 g/mol. The summed E-state index contributed by atoms with van der Waals surface area (Å²) in [5.41, 5.74) is 0. The molecule has 0 radical (unpaired) electrons. The third-order valence-electron chi connectivity index (χ3n) is 14.6. The predicted octanol–water partition coefficient (Wildman–Crippen LogP) is 17.4. The Morgan fingerprint density at radius 3 is 0.747 bits per heavy atom. The summed E-state index contributed by atoms with van der Waals surface area (Å²) >= 11 is 0. The molecule has 5 atom stereocenters. The molecule has 0 aliphatic heterocycles. The van der Waals surface area contributed by atoms with E-state index in [9.17, 15) is 43.2 Å². The lowest BCUT2D eigenvalue weighted by Gasteiger charge is -2.21. The van der Waals surface area contributed by atoms with Gasteiger partial charge in [-0.25, -0.2) is 9.13 Å². The van der Waals surface area contributed by atoms with Crippen LogP contribution in [0.4, 0.5) is 0 Å². The van der Waals surface area contributed by atoms with Crippen molar-refractivity contribution in [1.82, 2.24) is 0 Å². The van der Waals surface area contributed by atoms with E-state index in [0.717, 1.165) is 108 Å². The first kappa shape index (κ1) is 81.1. The van der Waals surface area contributed by atoms with E-state index in [1.807, 2.05) is 0 Å². The van der Waals surface area contributed by atoms with Crippen LogP contribution in [0.2, 0.25) is 0 Å². The first-order valence-corrected chi connectivity index (χ1v) is 36.2. The Labute approximate surface area is 505 Å². The molecule has 3 unspecified atom stereocenters. The van der Waals surface area contributed by atoms with Crippen molar-refractivity contribution >= 4 is 39.5 Å². The molecule has 19 heteroatoms. The predicted molar refractivity (Wildman–Crippen MR) is 331 cm³/mol. The monoisotopic (exact) mass is 1230 g/mol. The molecule has 0 heterocycles. The summed E-state index contributed by atoms with van der Waals surface area (Å²) in [4.78, 5) is 72.1. The average Bonchev–Trinajstić information content (AvgIpc) is 3.44. The summed E-state index contributed by atoms with van der Waals surface area (Å²) < 4.78 is 67.9. The number of carbonyl (C=O) groups is 4. The zero-order valence-electron chi connectivity index (χ0n) is 53.8. The van der Waals surface area contributed by atoms with E-state index < -0.39 is 97.5 Å². The van der Waals surface area contributed by atoms with Crippen molar-refractivity contribution in [2.75, 3.05) is 39.6 Å². The summed E-state index contributed by atoms with van der Waals surface area (Å²) in [6, 6.07) is 0. The molecule has 0 spiro atoms. The van der Waals surface area contributed by atoms with Crippen LogP contribution in [-0.4, -0.2) is 96.7 Å². The third-order valence-corrected chi connectivity index (χ3v) is 16.5. The minimum Gasteiger partial charge on any atom is -0.462 e. The summed E-state index contributed by atoms with van der Waals surface area (Å²) in [6.45, 7) is 13.9. The largest absolute Gasteiger partial charge is 0.472 e. The molecule has 0 aromatic rings. The molecule has 3 N–H and O–H groups in total. The van der Waals surface area contributed by atoms with Gasteiger partial charge in [0.15, 0.2) is 12.2 Å². The van der Waals surface area contributed by atoms with Gasteiger partial charge in [-0.1, -0.05) is 254 Å². The lowest BCUT2D eigenvalue weighted by atomic mass is 10.0. The molecule has 0 aromatic heterocycles. The first-order valence-electron chi connectivity index (χ1n) is 33.2. The van der Waals surface area contributed by atoms with Crippen molar-refractivity contribution < 1.29 is 80.2 Å². The van der Waals surface area contributed by atoms with Gasteiger partial charge in [-0.3, -0.25) is 37.3 Å². The highest BCUT2D eigenvalue weighted by molar-refractivity contribution is 7.47. The van der Waals surface area contributed by atoms with E-state index >= 15 is 0 Å². The maximum Gasteiger partial charge on any atom is 0.472 e. The maximum atomic E-state index is 13.0. The molecule has 0 aliphatic carbocycles. The number of aliphatic hydroxyl groups excluding tert-OH is 1. The molecule has 0 aromatic carbocycles. The summed E-state index contributed by atoms with van der Waals surface area (Å²) in [5, 5.41) is 10.5. The van der Waals surface area contributed by atoms with Crippen LogP contribution in [0.5, 0.6) is 0 Å². The number of ether oxygens (including phenoxy) is 4. The normalized spacial score (nSPS) is 14.4. The van der Waals surface area contributed by atoms with E-state index in [4.69, 9.17) is 37.0 Å². The van der Waals surface area contributed by atoms with Crippen molar-refractivity contribution in [3.05, 3.63) is 0 Å². The van der Waals surface area contributed by atoms with Gasteiger partial charge in [-0.05, 0) is 49.4 Å². The van der Waals surface area contributed by atoms with Gasteiger partial charge in [0.2, 0.25) is 0 Å². The quantitative estimate of drug-likeness (QED) is 0.0222. The molecule has 0 bridgehead atoms. The Morgan fingerprint density at radius 1 is 0.301 bits per heavy atom. The molecule has 0 fully saturated rings. The van der Waals surface area contributed by atoms with Gasteiger partial charge in [-0.2, -0.15) is 0 Å². The van der Waals surface area contributed by atoms with Crippen LogP contribution in [-0.2, 0) is 65.4 Å². The summed E-state index contributed by atoms with van der Waals surface area (Å²) in [7, 11) is -9.89. The van der Waals surface area contributed by atoms with E-state index in [0.29, 0.717) is 37.5 Å². The minimum absolute atomic E-state index is 0.100. The molecule has 0 amide bonds. The zero-order valence-corrected chi connectivity index (χ0v) is 55.6. The van der Waals surface area contributed by atoms with Crippen LogP contribution < -0.4 is 0 Å². The summed E-state index contributed by atoms with van der Waals surface area (Å²) in [6.07, 6.45) is 33.8. The van der Waals surface area contributed by atoms with Crippen LogP contribution >= 0.6 is 15.6 Å². The smallest absolute Gasteiger partial charge is 0.462 e. The fraction of sp³-hybridized carbons (Fsp3) is 0.938. The van der Waals surface area contributed by atoms with Gasteiger partial charge in [0.25, 0.3) is 0 Å². The van der Waals surface area contributed by atoms with Crippen LogP contribution in [0.3, 0.4) is 0 Å². The Balaban J connectivity index is 5.24. The summed E-state index contributed by atoms with van der Waals surface area (Å²) in [5.74, 6) is 0.696. The van der Waals surface area contributed by atoms with Crippen molar-refractivity contribution in [2.24, 2.45) is 23.7 Å². The van der Waals surface area contributed by atoms with Crippen molar-refractivity contribution in [3.63, 3.8) is 0 Å². The number of unbranched alkanes of at least 4 members (excludes halogenated alkanes) is 27. The van der Waals surface area contributed by atoms with Crippen molar-refractivity contribution in [2.45, 2.75) is 324 Å². The van der Waals surface area contributed by atoms with E-state index in [-0.39, 0.29) is 25.7 Å². The fourth-order valence-electron chi connectivity index (χ4n) is 9.43. The molecular formula is C64H124O17P2. The van der Waals surface area contributed by atoms with Gasteiger partial charge in [0, 0.05) is 25.7 Å². The zero-order chi connectivity index (χ0) is 61.8. The van der Waals surface area contributed by atoms with E-state index in [2.05, 4.69) is 55.4 Å². The highest BCUT2D eigenvalue weighted by Crippen LogP contribution is 2.45. The number of phosphoric ester groups is 2. The van der Waals surface area contributed by atoms with E-state index in [1.54, 1.807) is 0 Å². The third kappa shape index (κ3) is 58.8. The molecule has 492 valence electrons. The standard InChI is InChI=1S/C64H124O17P2/c1-54(2)40-32-24-16-12-10-9-11-13-19-30-38-46-63(68)80-59(50-74-61(66)44-36-28-18-15-14-17-25-33-41-55(3)4)52-78-82(70,71)76-48-58(65)49-77-83(72,73)79-53-60(81-64(69)47-39-31-23-21-27-35-43-57(7)8)51-75-62(67)45-37-29-22-20-26-34-42-56(5)6/h54-60,65H,9-53H2,1-8H3,(H,70,71)(H,72,73)/t58?,59-,60-/m1/s1. The number of phosphoric acid groups is 2. The van der Waals surface area contributed by atoms with Crippen molar-refractivity contribution in [3.8, 4) is 0 Å². The highest BCUT2D eigenvalue weighted by atomic mass is 31.2. The van der Waals surface area contributed by atoms with Crippen LogP contribution in [0.15, 0.2) is 0 Å². The van der Waals surface area contributed by atoms with Crippen LogP contribution in [0.25, 0.3) is 0 Å². The SMILES string of the molecule is CC(C)CCCCCCCCCCCCCC(=O)O[C@H](COC(=O)CCCCCCCCCCC(C)C)COP(=O)(O)OCC(O)COP(=O)(O)OC[C@@H](COC(=O)CCCCCCCCC(C)C)OC(=O)CCCCCCCCC(C)C. The molecule has 0 aliphatic rings. The fourth-order valence-corrected chi connectivity index (χ4v) is 11.0. The van der Waals surface area contributed by atoms with Crippen LogP contribution in [0.1, 0.15) is 306 Å². The molecule has 0 saturated heterocycles. The number of hydrogen-bond acceptors (Lipinski definition) is 15. The lowest BCUT2D eigenvalue weighted by Crippen LogP contribution is -2.30. The number of esters is 4. The van der Waals surface area contributed by atoms with E-state index in [1.165, 1.54) is 103 Å². The topological polar surface area (TPSA) is 237 Å². The number of rotatable bonds is 61. The van der Waals surface area contributed by atoms with Gasteiger partial charge in [0.1, 0.15) is 19.3 Å². The second kappa shape index (κ2) is 54.2. The molecule has 17 nitrogen and oxygen atoms in total. The Hall–Kier alpha value is -1.94. The Morgan fingerprint density at radius 2 is 0.506 bits per heavy atom. The Kier molecular flexibility index (Phi) is 53.0. The van der Waals surface area contributed by atoms with Crippen molar-refractivity contribution in [1.29, 1.82) is 0 Å². The second-order valence-electron chi connectivity index (χ2n) is 25.1. The second-order valence-corrected chi connectivity index (χ2v) is 28.0. The minimum atomic E-state index is -4.95. The van der Waals surface area contributed by atoms with Crippen LogP contribution in [0, 0.1) is 23.7 Å². The highest BCUT2D eigenvalue weighted by Gasteiger charge is 2.30. The lowest BCUT2D eigenvalue weighted by molar-refractivity contribution is -0.161. The number of aliphatic hydroxyl groups is 1. The number of hydrogen-bond donors (Lipinski definition) is 3. The molecule has 0 saturated carbocycles. The first-order chi connectivity index (χ1) is 39.6. The Bertz CT molecular complexity index is 1660. The van der Waals surface area contributed by atoms with Gasteiger partial charge in [0.05, 0.1) is 26.4 Å².